The zero-order valence-corrected chi connectivity index (χ0v) is 11.1. The van der Waals surface area contributed by atoms with E-state index in [-0.39, 0.29) is 12.5 Å². The molecule has 1 fully saturated rings. The van der Waals surface area contributed by atoms with E-state index in [1.54, 1.807) is 4.90 Å². The van der Waals surface area contributed by atoms with E-state index in [2.05, 4.69) is 0 Å². The van der Waals surface area contributed by atoms with Crippen LogP contribution in [-0.2, 0) is 16.1 Å². The van der Waals surface area contributed by atoms with Gasteiger partial charge in [0, 0.05) is 18.1 Å². The van der Waals surface area contributed by atoms with Gasteiger partial charge in [-0.3, -0.25) is 4.79 Å². The fraction of sp³-hybridized carbons (Fsp3) is 0.462. The number of nitrogens with zero attached hydrogens (tertiary/aromatic N) is 1. The van der Waals surface area contributed by atoms with Crippen molar-refractivity contribution in [1.82, 2.24) is 4.90 Å². The SMILES string of the molecule is CC1(CN)CN(Cc2ccc(Cl)cc2)C(=O)CO1. The third-order valence-electron chi connectivity index (χ3n) is 3.14. The van der Waals surface area contributed by atoms with Crippen molar-refractivity contribution in [1.29, 1.82) is 0 Å². The largest absolute Gasteiger partial charge is 0.362 e. The van der Waals surface area contributed by atoms with E-state index in [1.807, 2.05) is 31.2 Å². The molecule has 18 heavy (non-hydrogen) atoms. The lowest BCUT2D eigenvalue weighted by Gasteiger charge is -2.39. The Balaban J connectivity index is 2.07. The maximum absolute atomic E-state index is 11.8. The van der Waals surface area contributed by atoms with E-state index in [1.165, 1.54) is 0 Å². The van der Waals surface area contributed by atoms with Crippen LogP contribution in [0, 0.1) is 0 Å². The second-order valence-electron chi connectivity index (χ2n) is 4.82. The van der Waals surface area contributed by atoms with Gasteiger partial charge in [0.1, 0.15) is 6.61 Å². The summed E-state index contributed by atoms with van der Waals surface area (Å²) < 4.78 is 5.48. The van der Waals surface area contributed by atoms with Crippen molar-refractivity contribution in [2.45, 2.75) is 19.1 Å². The van der Waals surface area contributed by atoms with Crippen molar-refractivity contribution in [2.75, 3.05) is 19.7 Å². The van der Waals surface area contributed by atoms with Gasteiger partial charge < -0.3 is 15.4 Å². The summed E-state index contributed by atoms with van der Waals surface area (Å²) in [4.78, 5) is 13.6. The number of amides is 1. The van der Waals surface area contributed by atoms with E-state index >= 15 is 0 Å². The van der Waals surface area contributed by atoms with E-state index in [4.69, 9.17) is 22.1 Å². The second kappa shape index (κ2) is 5.26. The number of halogens is 1. The van der Waals surface area contributed by atoms with Crippen LogP contribution >= 0.6 is 11.6 Å². The minimum Gasteiger partial charge on any atom is -0.362 e. The van der Waals surface area contributed by atoms with Crippen molar-refractivity contribution < 1.29 is 9.53 Å². The molecule has 0 spiro atoms. The first kappa shape index (κ1) is 13.3. The average molecular weight is 269 g/mol. The molecule has 1 aliphatic rings. The molecule has 1 heterocycles. The van der Waals surface area contributed by atoms with Gasteiger partial charge in [0.15, 0.2) is 0 Å². The number of benzene rings is 1. The molecule has 0 saturated carbocycles. The molecule has 1 aromatic carbocycles. The Morgan fingerprint density at radius 1 is 1.44 bits per heavy atom. The molecule has 1 aromatic rings. The number of hydrogen-bond acceptors (Lipinski definition) is 3. The molecule has 2 rings (SSSR count). The molecule has 1 saturated heterocycles. The molecular weight excluding hydrogens is 252 g/mol. The second-order valence-corrected chi connectivity index (χ2v) is 5.26. The van der Waals surface area contributed by atoms with Gasteiger partial charge >= 0.3 is 0 Å². The van der Waals surface area contributed by atoms with Crippen molar-refractivity contribution in [2.24, 2.45) is 5.73 Å². The molecule has 1 unspecified atom stereocenters. The highest BCUT2D eigenvalue weighted by Gasteiger charge is 2.34. The van der Waals surface area contributed by atoms with Crippen LogP contribution in [0.3, 0.4) is 0 Å². The summed E-state index contributed by atoms with van der Waals surface area (Å²) in [7, 11) is 0. The van der Waals surface area contributed by atoms with E-state index in [0.29, 0.717) is 24.7 Å². The number of hydrogen-bond donors (Lipinski definition) is 1. The summed E-state index contributed by atoms with van der Waals surface area (Å²) in [6.45, 7) is 3.51. The van der Waals surface area contributed by atoms with E-state index in [0.717, 1.165) is 5.56 Å². The van der Waals surface area contributed by atoms with Crippen LogP contribution in [0.2, 0.25) is 5.02 Å². The Kier molecular flexibility index (Phi) is 3.90. The van der Waals surface area contributed by atoms with Crippen molar-refractivity contribution in [3.8, 4) is 0 Å². The minimum absolute atomic E-state index is 0.00382. The summed E-state index contributed by atoms with van der Waals surface area (Å²) in [5.41, 5.74) is 6.28. The summed E-state index contributed by atoms with van der Waals surface area (Å²) >= 11 is 5.83. The van der Waals surface area contributed by atoms with Crippen LogP contribution in [0.4, 0.5) is 0 Å². The number of carbonyl (C=O) groups excluding carboxylic acids is 1. The third kappa shape index (κ3) is 3.02. The standard InChI is InChI=1S/C13H17ClN2O2/c1-13(8-15)9-16(12(17)7-18-13)6-10-2-4-11(14)5-3-10/h2-5H,6-9,15H2,1H3. The number of rotatable bonds is 3. The average Bonchev–Trinajstić information content (AvgIpc) is 2.37. The van der Waals surface area contributed by atoms with E-state index in [9.17, 15) is 4.79 Å². The van der Waals surface area contributed by atoms with Crippen molar-refractivity contribution >= 4 is 17.5 Å². The summed E-state index contributed by atoms with van der Waals surface area (Å²) in [5, 5.41) is 0.693. The lowest BCUT2D eigenvalue weighted by molar-refractivity contribution is -0.160. The Hall–Kier alpha value is -1.10. The van der Waals surface area contributed by atoms with Crippen LogP contribution in [0.25, 0.3) is 0 Å². The maximum atomic E-state index is 11.8. The Labute approximate surface area is 112 Å². The summed E-state index contributed by atoms with van der Waals surface area (Å²) in [6, 6.07) is 7.49. The van der Waals surface area contributed by atoms with Gasteiger partial charge in [0.2, 0.25) is 5.91 Å². The lowest BCUT2D eigenvalue weighted by atomic mass is 10.0. The molecular formula is C13H17ClN2O2. The van der Waals surface area contributed by atoms with Crippen LogP contribution in [-0.4, -0.2) is 36.1 Å². The quantitative estimate of drug-likeness (QED) is 0.902. The molecule has 5 heteroatoms. The van der Waals surface area contributed by atoms with Gasteiger partial charge in [-0.15, -0.1) is 0 Å². The van der Waals surface area contributed by atoms with Gasteiger partial charge in [0.05, 0.1) is 12.1 Å². The third-order valence-corrected chi connectivity index (χ3v) is 3.39. The smallest absolute Gasteiger partial charge is 0.249 e. The highest BCUT2D eigenvalue weighted by molar-refractivity contribution is 6.30. The number of nitrogens with two attached hydrogens (primary N) is 1. The van der Waals surface area contributed by atoms with Gasteiger partial charge in [0.25, 0.3) is 0 Å². The van der Waals surface area contributed by atoms with Crippen LogP contribution in [0.1, 0.15) is 12.5 Å². The Morgan fingerprint density at radius 2 is 2.11 bits per heavy atom. The van der Waals surface area contributed by atoms with E-state index < -0.39 is 5.60 Å². The maximum Gasteiger partial charge on any atom is 0.249 e. The molecule has 0 aliphatic carbocycles. The first-order valence-electron chi connectivity index (χ1n) is 5.89. The normalized spacial score (nSPS) is 24.4. The topological polar surface area (TPSA) is 55.6 Å². The molecule has 4 nitrogen and oxygen atoms in total. The zero-order valence-electron chi connectivity index (χ0n) is 10.4. The molecule has 0 radical (unpaired) electrons. The predicted octanol–water partition coefficient (Wildman–Crippen LogP) is 1.42. The van der Waals surface area contributed by atoms with Crippen LogP contribution < -0.4 is 5.73 Å². The highest BCUT2D eigenvalue weighted by atomic mass is 35.5. The monoisotopic (exact) mass is 268 g/mol. The number of ether oxygens (including phenoxy) is 1. The molecule has 1 atom stereocenters. The molecule has 0 aromatic heterocycles. The van der Waals surface area contributed by atoms with Gasteiger partial charge in [-0.2, -0.15) is 0 Å². The zero-order chi connectivity index (χ0) is 13.2. The molecule has 0 bridgehead atoms. The molecule has 98 valence electrons. The Morgan fingerprint density at radius 3 is 2.72 bits per heavy atom. The lowest BCUT2D eigenvalue weighted by Crippen LogP contribution is -2.56. The minimum atomic E-state index is -0.444. The first-order valence-corrected chi connectivity index (χ1v) is 6.26. The first-order chi connectivity index (χ1) is 8.52. The molecule has 1 amide bonds. The fourth-order valence-electron chi connectivity index (χ4n) is 1.94. The number of carbonyl (C=O) groups is 1. The van der Waals surface area contributed by atoms with Crippen molar-refractivity contribution in [3.05, 3.63) is 34.9 Å². The van der Waals surface area contributed by atoms with Gasteiger partial charge in [-0.05, 0) is 24.6 Å². The Bertz CT molecular complexity index is 435. The van der Waals surface area contributed by atoms with Crippen LogP contribution in [0.5, 0.6) is 0 Å². The van der Waals surface area contributed by atoms with Crippen molar-refractivity contribution in [3.63, 3.8) is 0 Å². The van der Waals surface area contributed by atoms with Crippen LogP contribution in [0.15, 0.2) is 24.3 Å². The summed E-state index contributed by atoms with van der Waals surface area (Å²) in [6.07, 6.45) is 0. The molecule has 2 N–H and O–H groups in total. The summed E-state index contributed by atoms with van der Waals surface area (Å²) in [5.74, 6) is -0.00382. The molecule has 1 aliphatic heterocycles. The predicted molar refractivity (Wildman–Crippen MR) is 70.3 cm³/mol. The highest BCUT2D eigenvalue weighted by Crippen LogP contribution is 2.19. The fourth-order valence-corrected chi connectivity index (χ4v) is 2.07. The van der Waals surface area contributed by atoms with Gasteiger partial charge in [-0.25, -0.2) is 0 Å². The van der Waals surface area contributed by atoms with Gasteiger partial charge in [-0.1, -0.05) is 23.7 Å². The number of morpholine rings is 1.